The van der Waals surface area contributed by atoms with E-state index in [1.54, 1.807) is 18.2 Å². The molecule has 2 fully saturated rings. The minimum absolute atomic E-state index is 0.0160. The summed E-state index contributed by atoms with van der Waals surface area (Å²) in [6, 6.07) is 12.7. The summed E-state index contributed by atoms with van der Waals surface area (Å²) in [5.74, 6) is -1.22. The normalized spacial score (nSPS) is 22.3. The molecule has 0 bridgehead atoms. The van der Waals surface area contributed by atoms with Gasteiger partial charge in [-0.25, -0.2) is 0 Å². The first-order valence-corrected chi connectivity index (χ1v) is 13.8. The number of carbonyl (C=O) groups excluding carboxylic acids is 1. The molecule has 2 aliphatic rings. The fourth-order valence-electron chi connectivity index (χ4n) is 5.52. The van der Waals surface area contributed by atoms with Crippen molar-refractivity contribution >= 4 is 23.6 Å². The molecule has 0 radical (unpaired) electrons. The van der Waals surface area contributed by atoms with Crippen LogP contribution in [0.15, 0.2) is 53.5 Å². The molecule has 1 aliphatic heterocycles. The van der Waals surface area contributed by atoms with E-state index in [-0.39, 0.29) is 54.7 Å². The summed E-state index contributed by atoms with van der Waals surface area (Å²) in [6.07, 6.45) is -1.25. The molecule has 1 unspecified atom stereocenters. The Morgan fingerprint density at radius 3 is 2.32 bits per heavy atom. The molecule has 1 saturated heterocycles. The SMILES string of the molecule is CC(C)(C)C1CCC(N2C(=Nc3ccccc3OC(F)(F)F)OCC2c2ccc(C(=O)NCCC(=O)O)cc2)CC1. The molecule has 0 aromatic heterocycles. The van der Waals surface area contributed by atoms with Crippen molar-refractivity contribution in [1.29, 1.82) is 0 Å². The number of amides is 1. The Morgan fingerprint density at radius 1 is 1.05 bits per heavy atom. The predicted molar refractivity (Wildman–Crippen MR) is 147 cm³/mol. The number of alkyl halides is 3. The highest BCUT2D eigenvalue weighted by molar-refractivity contribution is 5.94. The number of ether oxygens (including phenoxy) is 2. The lowest BCUT2D eigenvalue weighted by atomic mass is 9.71. The summed E-state index contributed by atoms with van der Waals surface area (Å²) < 4.78 is 49.4. The van der Waals surface area contributed by atoms with Crippen molar-refractivity contribution in [2.75, 3.05) is 13.2 Å². The van der Waals surface area contributed by atoms with Gasteiger partial charge in [0, 0.05) is 18.2 Å². The maximum Gasteiger partial charge on any atom is 0.573 e. The molecular weight excluding hydrogens is 539 g/mol. The molecule has 1 aliphatic carbocycles. The lowest BCUT2D eigenvalue weighted by Gasteiger charge is -2.41. The highest BCUT2D eigenvalue weighted by atomic mass is 19.4. The van der Waals surface area contributed by atoms with Crippen LogP contribution in [0.5, 0.6) is 5.75 Å². The Labute approximate surface area is 237 Å². The highest BCUT2D eigenvalue weighted by Crippen LogP contribution is 2.43. The minimum Gasteiger partial charge on any atom is -0.481 e. The predicted octanol–water partition coefficient (Wildman–Crippen LogP) is 6.46. The van der Waals surface area contributed by atoms with Crippen molar-refractivity contribution in [3.8, 4) is 5.75 Å². The van der Waals surface area contributed by atoms with E-state index in [1.165, 1.54) is 18.2 Å². The Hall–Kier alpha value is -3.76. The molecule has 4 rings (SSSR count). The van der Waals surface area contributed by atoms with Crippen molar-refractivity contribution in [2.45, 2.75) is 71.3 Å². The molecule has 2 aromatic carbocycles. The van der Waals surface area contributed by atoms with E-state index in [4.69, 9.17) is 9.84 Å². The number of halogens is 3. The van der Waals surface area contributed by atoms with Crippen LogP contribution < -0.4 is 10.1 Å². The Balaban J connectivity index is 1.60. The van der Waals surface area contributed by atoms with Crippen molar-refractivity contribution in [1.82, 2.24) is 10.2 Å². The van der Waals surface area contributed by atoms with Crippen LogP contribution in [0.25, 0.3) is 0 Å². The number of hydrogen-bond acceptors (Lipinski definition) is 5. The fourth-order valence-corrected chi connectivity index (χ4v) is 5.52. The van der Waals surface area contributed by atoms with Crippen LogP contribution in [-0.4, -0.2) is 53.5 Å². The quantitative estimate of drug-likeness (QED) is 0.375. The second kappa shape index (κ2) is 12.4. The zero-order valence-corrected chi connectivity index (χ0v) is 23.4. The molecule has 1 heterocycles. The number of hydrogen-bond donors (Lipinski definition) is 2. The molecular formula is C30H36F3N3O5. The Morgan fingerprint density at radius 2 is 1.71 bits per heavy atom. The number of amidine groups is 1. The monoisotopic (exact) mass is 575 g/mol. The van der Waals surface area contributed by atoms with Crippen LogP contribution in [0.2, 0.25) is 0 Å². The second-order valence-electron chi connectivity index (χ2n) is 11.5. The molecule has 11 heteroatoms. The van der Waals surface area contributed by atoms with Gasteiger partial charge in [-0.2, -0.15) is 4.99 Å². The lowest BCUT2D eigenvalue weighted by Crippen LogP contribution is -2.42. The van der Waals surface area contributed by atoms with Crippen LogP contribution >= 0.6 is 0 Å². The minimum atomic E-state index is -4.86. The number of rotatable bonds is 8. The fraction of sp³-hybridized carbons (Fsp3) is 0.500. The molecule has 41 heavy (non-hydrogen) atoms. The lowest BCUT2D eigenvalue weighted by molar-refractivity contribution is -0.274. The van der Waals surface area contributed by atoms with E-state index in [0.717, 1.165) is 31.2 Å². The summed E-state index contributed by atoms with van der Waals surface area (Å²) in [5, 5.41) is 11.4. The summed E-state index contributed by atoms with van der Waals surface area (Å²) in [7, 11) is 0. The van der Waals surface area contributed by atoms with Gasteiger partial charge in [-0.05, 0) is 66.8 Å². The largest absolute Gasteiger partial charge is 0.573 e. The van der Waals surface area contributed by atoms with Gasteiger partial charge in [0.2, 0.25) is 0 Å². The van der Waals surface area contributed by atoms with Gasteiger partial charge in [-0.3, -0.25) is 9.59 Å². The first-order chi connectivity index (χ1) is 19.3. The van der Waals surface area contributed by atoms with E-state index in [2.05, 4.69) is 40.7 Å². The van der Waals surface area contributed by atoms with Gasteiger partial charge >= 0.3 is 12.3 Å². The Bertz CT molecular complexity index is 1250. The van der Waals surface area contributed by atoms with E-state index in [0.29, 0.717) is 11.5 Å². The zero-order valence-electron chi connectivity index (χ0n) is 23.4. The van der Waals surface area contributed by atoms with Crippen molar-refractivity contribution in [2.24, 2.45) is 16.3 Å². The number of aliphatic carboxylic acids is 1. The summed E-state index contributed by atoms with van der Waals surface area (Å²) in [6.45, 7) is 6.98. The van der Waals surface area contributed by atoms with Crippen LogP contribution in [0.4, 0.5) is 18.9 Å². The molecule has 2 aromatic rings. The molecule has 1 amide bonds. The molecule has 1 saturated carbocycles. The maximum atomic E-state index is 13.0. The number of carboxylic acid groups (broad SMARTS) is 1. The smallest absolute Gasteiger partial charge is 0.481 e. The van der Waals surface area contributed by atoms with Crippen molar-refractivity contribution in [3.63, 3.8) is 0 Å². The van der Waals surface area contributed by atoms with Gasteiger partial charge in [-0.1, -0.05) is 45.0 Å². The van der Waals surface area contributed by atoms with Crippen LogP contribution in [0.3, 0.4) is 0 Å². The van der Waals surface area contributed by atoms with Gasteiger partial charge in [0.05, 0.1) is 12.5 Å². The third kappa shape index (κ3) is 7.92. The zero-order chi connectivity index (χ0) is 29.8. The standard InChI is InChI=1S/C30H36F3N3O5/c1-29(2,3)21-12-14-22(15-13-21)36-24(19-8-10-20(11-9-19)27(39)34-17-16-26(37)38)18-40-28(36)35-23-6-4-5-7-25(23)41-30(31,32)33/h4-11,21-22,24H,12-18H2,1-3H3,(H,34,39)(H,37,38). The average Bonchev–Trinajstić information content (AvgIpc) is 3.32. The van der Waals surface area contributed by atoms with Gasteiger partial charge in [0.25, 0.3) is 11.9 Å². The van der Waals surface area contributed by atoms with E-state index < -0.39 is 18.1 Å². The van der Waals surface area contributed by atoms with Gasteiger partial charge < -0.3 is 24.8 Å². The summed E-state index contributed by atoms with van der Waals surface area (Å²) in [5.41, 5.74) is 1.46. The van der Waals surface area contributed by atoms with Crippen LogP contribution in [0.1, 0.15) is 74.8 Å². The number of para-hydroxylation sites is 2. The summed E-state index contributed by atoms with van der Waals surface area (Å²) >= 11 is 0. The van der Waals surface area contributed by atoms with Gasteiger partial charge in [0.15, 0.2) is 5.75 Å². The number of nitrogens with one attached hydrogen (secondary N) is 1. The van der Waals surface area contributed by atoms with E-state index in [9.17, 15) is 22.8 Å². The number of benzene rings is 2. The second-order valence-corrected chi connectivity index (χ2v) is 11.5. The number of carboxylic acids is 1. The highest BCUT2D eigenvalue weighted by Gasteiger charge is 2.41. The Kier molecular flexibility index (Phi) is 9.14. The molecule has 2 N–H and O–H groups in total. The van der Waals surface area contributed by atoms with E-state index in [1.807, 2.05) is 12.1 Å². The number of nitrogens with zero attached hydrogens (tertiary/aromatic N) is 2. The third-order valence-electron chi connectivity index (χ3n) is 7.73. The summed E-state index contributed by atoms with van der Waals surface area (Å²) in [4.78, 5) is 29.7. The average molecular weight is 576 g/mol. The number of carbonyl (C=O) groups is 2. The van der Waals surface area contributed by atoms with E-state index >= 15 is 0 Å². The molecule has 222 valence electrons. The first-order valence-electron chi connectivity index (χ1n) is 13.8. The van der Waals surface area contributed by atoms with Crippen LogP contribution in [0, 0.1) is 11.3 Å². The molecule has 8 nitrogen and oxygen atoms in total. The number of aliphatic imine (C=N–C) groups is 1. The molecule has 0 spiro atoms. The first kappa shape index (κ1) is 30.2. The van der Waals surface area contributed by atoms with Crippen molar-refractivity contribution < 1.29 is 37.3 Å². The molecule has 1 atom stereocenters. The third-order valence-corrected chi connectivity index (χ3v) is 7.73. The maximum absolute atomic E-state index is 13.0. The topological polar surface area (TPSA) is 100 Å². The van der Waals surface area contributed by atoms with Gasteiger partial charge in [0.1, 0.15) is 12.3 Å². The van der Waals surface area contributed by atoms with Crippen molar-refractivity contribution in [3.05, 3.63) is 59.7 Å². The van der Waals surface area contributed by atoms with Crippen LogP contribution in [-0.2, 0) is 9.53 Å². The van der Waals surface area contributed by atoms with Gasteiger partial charge in [-0.15, -0.1) is 13.2 Å².